The van der Waals surface area contributed by atoms with E-state index in [1.54, 1.807) is 0 Å². The van der Waals surface area contributed by atoms with Gasteiger partial charge in [0.1, 0.15) is 0 Å². The molecule has 104 valence electrons. The highest BCUT2D eigenvalue weighted by Gasteiger charge is 2.20. The maximum Gasteiger partial charge on any atom is 0.321 e. The van der Waals surface area contributed by atoms with Crippen LogP contribution in [0, 0.1) is 5.92 Å². The number of rotatable bonds is 2. The fourth-order valence-corrected chi connectivity index (χ4v) is 2.41. The SMILES string of the molecule is CCc1ccc(NC(=O)N2CCC(C)CC2)cc1N. The van der Waals surface area contributed by atoms with Crippen molar-refractivity contribution in [3.63, 3.8) is 0 Å². The van der Waals surface area contributed by atoms with E-state index in [2.05, 4.69) is 19.2 Å². The number of nitrogen functional groups attached to an aromatic ring is 1. The largest absolute Gasteiger partial charge is 0.398 e. The highest BCUT2D eigenvalue weighted by atomic mass is 16.2. The fourth-order valence-electron chi connectivity index (χ4n) is 2.41. The van der Waals surface area contributed by atoms with Crippen molar-refractivity contribution in [1.29, 1.82) is 0 Å². The number of urea groups is 1. The van der Waals surface area contributed by atoms with E-state index in [4.69, 9.17) is 5.73 Å². The molecule has 2 amide bonds. The van der Waals surface area contributed by atoms with E-state index in [9.17, 15) is 4.79 Å². The van der Waals surface area contributed by atoms with Gasteiger partial charge in [0, 0.05) is 24.5 Å². The summed E-state index contributed by atoms with van der Waals surface area (Å²) in [4.78, 5) is 14.0. The van der Waals surface area contributed by atoms with Gasteiger partial charge in [-0.3, -0.25) is 0 Å². The van der Waals surface area contributed by atoms with Crippen molar-refractivity contribution >= 4 is 17.4 Å². The van der Waals surface area contributed by atoms with Gasteiger partial charge >= 0.3 is 6.03 Å². The number of aryl methyl sites for hydroxylation is 1. The molecule has 0 bridgehead atoms. The molecule has 1 aliphatic heterocycles. The number of amides is 2. The molecule has 0 aliphatic carbocycles. The van der Waals surface area contributed by atoms with Gasteiger partial charge in [-0.15, -0.1) is 0 Å². The summed E-state index contributed by atoms with van der Waals surface area (Å²) in [5.41, 5.74) is 8.57. The molecule has 0 aromatic heterocycles. The zero-order chi connectivity index (χ0) is 13.8. The molecule has 1 aliphatic rings. The Labute approximate surface area is 115 Å². The monoisotopic (exact) mass is 261 g/mol. The summed E-state index contributed by atoms with van der Waals surface area (Å²) in [6.07, 6.45) is 3.08. The van der Waals surface area contributed by atoms with Gasteiger partial charge in [-0.1, -0.05) is 19.9 Å². The molecule has 0 atom stereocenters. The number of piperidine rings is 1. The van der Waals surface area contributed by atoms with E-state index >= 15 is 0 Å². The minimum absolute atomic E-state index is 0.0180. The minimum Gasteiger partial charge on any atom is -0.398 e. The van der Waals surface area contributed by atoms with Crippen molar-refractivity contribution in [1.82, 2.24) is 4.90 Å². The van der Waals surface area contributed by atoms with Crippen molar-refractivity contribution < 1.29 is 4.79 Å². The number of nitrogens with two attached hydrogens (primary N) is 1. The van der Waals surface area contributed by atoms with Gasteiger partial charge in [0.25, 0.3) is 0 Å². The van der Waals surface area contributed by atoms with Crippen molar-refractivity contribution in [2.24, 2.45) is 5.92 Å². The molecule has 3 N–H and O–H groups in total. The van der Waals surface area contributed by atoms with Crippen LogP contribution in [-0.4, -0.2) is 24.0 Å². The second-order valence-electron chi connectivity index (χ2n) is 5.37. The van der Waals surface area contributed by atoms with Crippen LogP contribution in [0.25, 0.3) is 0 Å². The van der Waals surface area contributed by atoms with E-state index in [0.29, 0.717) is 0 Å². The Kier molecular flexibility index (Phi) is 4.30. The summed E-state index contributed by atoms with van der Waals surface area (Å²) in [5.74, 6) is 0.725. The second kappa shape index (κ2) is 5.95. The Balaban J connectivity index is 1.97. The van der Waals surface area contributed by atoms with Crippen LogP contribution in [0.2, 0.25) is 0 Å². The minimum atomic E-state index is -0.0180. The molecule has 0 unspecified atom stereocenters. The predicted octanol–water partition coefficient (Wildman–Crippen LogP) is 3.10. The zero-order valence-electron chi connectivity index (χ0n) is 11.8. The normalized spacial score (nSPS) is 16.4. The standard InChI is InChI=1S/C15H23N3O/c1-3-12-4-5-13(10-14(12)16)17-15(19)18-8-6-11(2)7-9-18/h4-5,10-11H,3,6-9,16H2,1-2H3,(H,17,19). The first-order valence-electron chi connectivity index (χ1n) is 7.04. The third-order valence-corrected chi connectivity index (χ3v) is 3.85. The van der Waals surface area contributed by atoms with Crippen LogP contribution in [-0.2, 0) is 6.42 Å². The van der Waals surface area contributed by atoms with Crippen LogP contribution in [0.4, 0.5) is 16.2 Å². The molecule has 1 fully saturated rings. The molecule has 0 spiro atoms. The molecule has 1 aromatic rings. The van der Waals surface area contributed by atoms with Gasteiger partial charge in [0.2, 0.25) is 0 Å². The molecule has 2 rings (SSSR count). The second-order valence-corrected chi connectivity index (χ2v) is 5.37. The topological polar surface area (TPSA) is 58.4 Å². The summed E-state index contributed by atoms with van der Waals surface area (Å²) < 4.78 is 0. The lowest BCUT2D eigenvalue weighted by Crippen LogP contribution is -2.40. The van der Waals surface area contributed by atoms with E-state index in [-0.39, 0.29) is 6.03 Å². The number of benzene rings is 1. The lowest BCUT2D eigenvalue weighted by atomic mass is 10.00. The van der Waals surface area contributed by atoms with Gasteiger partial charge in [-0.25, -0.2) is 4.79 Å². The maximum atomic E-state index is 12.1. The van der Waals surface area contributed by atoms with Gasteiger partial charge < -0.3 is 16.0 Å². The summed E-state index contributed by atoms with van der Waals surface area (Å²) in [7, 11) is 0. The van der Waals surface area contributed by atoms with Crippen LogP contribution in [0.15, 0.2) is 18.2 Å². The smallest absolute Gasteiger partial charge is 0.321 e. The van der Waals surface area contributed by atoms with Gasteiger partial charge in [-0.2, -0.15) is 0 Å². The number of carbonyl (C=O) groups is 1. The van der Waals surface area contributed by atoms with Crippen molar-refractivity contribution in [2.45, 2.75) is 33.1 Å². The van der Waals surface area contributed by atoms with Gasteiger partial charge in [0.05, 0.1) is 0 Å². The Morgan fingerprint density at radius 2 is 2.11 bits per heavy atom. The summed E-state index contributed by atoms with van der Waals surface area (Å²) >= 11 is 0. The zero-order valence-corrected chi connectivity index (χ0v) is 11.8. The van der Waals surface area contributed by atoms with Crippen LogP contribution < -0.4 is 11.1 Å². The Morgan fingerprint density at radius 1 is 1.42 bits per heavy atom. The van der Waals surface area contributed by atoms with Gasteiger partial charge in [-0.05, 0) is 42.9 Å². The summed E-state index contributed by atoms with van der Waals surface area (Å²) in [6, 6.07) is 5.71. The van der Waals surface area contributed by atoms with Crippen molar-refractivity contribution in [3.05, 3.63) is 23.8 Å². The molecular formula is C15H23N3O. The van der Waals surface area contributed by atoms with E-state index < -0.39 is 0 Å². The van der Waals surface area contributed by atoms with Crippen LogP contribution in [0.3, 0.4) is 0 Å². The Bertz CT molecular complexity index is 451. The molecule has 19 heavy (non-hydrogen) atoms. The molecule has 4 nitrogen and oxygen atoms in total. The first kappa shape index (κ1) is 13.7. The van der Waals surface area contributed by atoms with Gasteiger partial charge in [0.15, 0.2) is 0 Å². The molecule has 1 saturated heterocycles. The number of hydrogen-bond donors (Lipinski definition) is 2. The molecule has 4 heteroatoms. The lowest BCUT2D eigenvalue weighted by molar-refractivity contribution is 0.186. The van der Waals surface area contributed by atoms with Crippen molar-refractivity contribution in [2.75, 3.05) is 24.1 Å². The van der Waals surface area contributed by atoms with Crippen LogP contribution in [0.5, 0.6) is 0 Å². The molecular weight excluding hydrogens is 238 g/mol. The average molecular weight is 261 g/mol. The molecule has 1 aromatic carbocycles. The third kappa shape index (κ3) is 3.40. The maximum absolute atomic E-state index is 12.1. The first-order chi connectivity index (χ1) is 9.10. The highest BCUT2D eigenvalue weighted by Crippen LogP contribution is 2.20. The highest BCUT2D eigenvalue weighted by molar-refractivity contribution is 5.90. The number of nitrogens with zero attached hydrogens (tertiary/aromatic N) is 1. The summed E-state index contributed by atoms with van der Waals surface area (Å²) in [6.45, 7) is 5.99. The number of hydrogen-bond acceptors (Lipinski definition) is 2. The lowest BCUT2D eigenvalue weighted by Gasteiger charge is -2.30. The number of carbonyl (C=O) groups excluding carboxylic acids is 1. The van der Waals surface area contributed by atoms with Crippen molar-refractivity contribution in [3.8, 4) is 0 Å². The average Bonchev–Trinajstić information content (AvgIpc) is 2.39. The van der Waals surface area contributed by atoms with Crippen LogP contribution >= 0.6 is 0 Å². The fraction of sp³-hybridized carbons (Fsp3) is 0.533. The summed E-state index contributed by atoms with van der Waals surface area (Å²) in [5, 5.41) is 2.93. The third-order valence-electron chi connectivity index (χ3n) is 3.85. The number of anilines is 2. The molecule has 0 radical (unpaired) electrons. The van der Waals surface area contributed by atoms with E-state index in [1.165, 1.54) is 0 Å². The van der Waals surface area contributed by atoms with E-state index in [1.807, 2.05) is 23.1 Å². The number of nitrogens with one attached hydrogen (secondary N) is 1. The number of likely N-dealkylation sites (tertiary alicyclic amines) is 1. The quantitative estimate of drug-likeness (QED) is 0.804. The Morgan fingerprint density at radius 3 is 2.68 bits per heavy atom. The first-order valence-corrected chi connectivity index (χ1v) is 7.04. The Hall–Kier alpha value is -1.71. The molecule has 1 heterocycles. The van der Waals surface area contributed by atoms with Crippen LogP contribution in [0.1, 0.15) is 32.3 Å². The molecule has 0 saturated carbocycles. The predicted molar refractivity (Wildman–Crippen MR) is 79.2 cm³/mol. The van der Waals surface area contributed by atoms with E-state index in [0.717, 1.165) is 55.2 Å².